The van der Waals surface area contributed by atoms with Gasteiger partial charge in [0.2, 0.25) is 11.8 Å². The SMILES string of the molecule is C=CC(=O)N1CCC(C(=O)NCc2cc3cc(Br)cc(C)c3[nH]2)CC1. The van der Waals surface area contributed by atoms with Crippen LogP contribution in [0, 0.1) is 12.8 Å². The topological polar surface area (TPSA) is 65.2 Å². The van der Waals surface area contributed by atoms with Gasteiger partial charge in [-0.25, -0.2) is 0 Å². The Morgan fingerprint density at radius 2 is 2.08 bits per heavy atom. The summed E-state index contributed by atoms with van der Waals surface area (Å²) in [5, 5.41) is 4.15. The van der Waals surface area contributed by atoms with Gasteiger partial charge in [0.15, 0.2) is 0 Å². The highest BCUT2D eigenvalue weighted by atomic mass is 79.9. The summed E-state index contributed by atoms with van der Waals surface area (Å²) in [7, 11) is 0. The third-order valence-corrected chi connectivity index (χ3v) is 5.21. The van der Waals surface area contributed by atoms with Crippen LogP contribution in [0.1, 0.15) is 24.1 Å². The van der Waals surface area contributed by atoms with Gasteiger partial charge in [0, 0.05) is 40.1 Å². The lowest BCUT2D eigenvalue weighted by atomic mass is 9.96. The van der Waals surface area contributed by atoms with Gasteiger partial charge in [-0.15, -0.1) is 0 Å². The third-order valence-electron chi connectivity index (χ3n) is 4.75. The van der Waals surface area contributed by atoms with Crippen molar-refractivity contribution in [3.8, 4) is 0 Å². The number of H-pyrrole nitrogens is 1. The zero-order chi connectivity index (χ0) is 18.0. The Labute approximate surface area is 155 Å². The van der Waals surface area contributed by atoms with E-state index < -0.39 is 0 Å². The number of aromatic nitrogens is 1. The molecular formula is C19H22BrN3O2. The molecular weight excluding hydrogens is 382 g/mol. The van der Waals surface area contributed by atoms with Crippen LogP contribution in [0.25, 0.3) is 10.9 Å². The number of piperidine rings is 1. The molecule has 0 atom stereocenters. The van der Waals surface area contributed by atoms with Gasteiger partial charge >= 0.3 is 0 Å². The van der Waals surface area contributed by atoms with E-state index in [1.54, 1.807) is 4.90 Å². The second-order valence-corrected chi connectivity index (χ2v) is 7.42. The Morgan fingerprint density at radius 3 is 2.76 bits per heavy atom. The Bertz CT molecular complexity index is 819. The smallest absolute Gasteiger partial charge is 0.245 e. The monoisotopic (exact) mass is 403 g/mol. The molecule has 2 amide bonds. The zero-order valence-electron chi connectivity index (χ0n) is 14.3. The van der Waals surface area contributed by atoms with Crippen molar-refractivity contribution >= 4 is 38.6 Å². The van der Waals surface area contributed by atoms with Crippen LogP contribution in [-0.2, 0) is 16.1 Å². The summed E-state index contributed by atoms with van der Waals surface area (Å²) in [5.74, 6) is -0.0325. The van der Waals surface area contributed by atoms with Crippen molar-refractivity contribution in [3.05, 3.63) is 46.6 Å². The van der Waals surface area contributed by atoms with Crippen LogP contribution in [0.15, 0.2) is 35.3 Å². The number of hydrogen-bond acceptors (Lipinski definition) is 2. The maximum absolute atomic E-state index is 12.4. The Hall–Kier alpha value is -2.08. The number of fused-ring (bicyclic) bond motifs is 1. The number of carbonyl (C=O) groups is 2. The molecule has 0 radical (unpaired) electrons. The predicted molar refractivity (Wildman–Crippen MR) is 102 cm³/mol. The molecule has 0 spiro atoms. The predicted octanol–water partition coefficient (Wildman–Crippen LogP) is 3.28. The summed E-state index contributed by atoms with van der Waals surface area (Å²) < 4.78 is 1.05. The van der Waals surface area contributed by atoms with Crippen LogP contribution < -0.4 is 5.32 Å². The highest BCUT2D eigenvalue weighted by Gasteiger charge is 2.26. The highest BCUT2D eigenvalue weighted by Crippen LogP contribution is 2.24. The molecule has 0 saturated carbocycles. The molecule has 1 aliphatic rings. The van der Waals surface area contributed by atoms with E-state index in [2.05, 4.69) is 57.9 Å². The van der Waals surface area contributed by atoms with Crippen molar-refractivity contribution in [2.75, 3.05) is 13.1 Å². The van der Waals surface area contributed by atoms with Crippen molar-refractivity contribution in [3.63, 3.8) is 0 Å². The van der Waals surface area contributed by atoms with E-state index in [0.29, 0.717) is 32.5 Å². The molecule has 2 heterocycles. The number of amides is 2. The first-order valence-corrected chi connectivity index (χ1v) is 9.24. The van der Waals surface area contributed by atoms with Crippen LogP contribution in [0.4, 0.5) is 0 Å². The minimum Gasteiger partial charge on any atom is -0.357 e. The fraction of sp³-hybridized carbons (Fsp3) is 0.368. The lowest BCUT2D eigenvalue weighted by molar-refractivity contribution is -0.132. The number of aryl methyl sites for hydroxylation is 1. The van der Waals surface area contributed by atoms with E-state index in [9.17, 15) is 9.59 Å². The van der Waals surface area contributed by atoms with E-state index in [-0.39, 0.29) is 17.7 Å². The number of nitrogens with zero attached hydrogens (tertiary/aromatic N) is 1. The first-order chi connectivity index (χ1) is 12.0. The molecule has 0 aliphatic carbocycles. The minimum atomic E-state index is -0.0570. The summed E-state index contributed by atoms with van der Waals surface area (Å²) in [5.41, 5.74) is 3.26. The second kappa shape index (κ2) is 7.44. The van der Waals surface area contributed by atoms with E-state index in [1.807, 2.05) is 0 Å². The van der Waals surface area contributed by atoms with Crippen molar-refractivity contribution in [2.24, 2.45) is 5.92 Å². The quantitative estimate of drug-likeness (QED) is 0.769. The van der Waals surface area contributed by atoms with Gasteiger partial charge in [-0.3, -0.25) is 9.59 Å². The highest BCUT2D eigenvalue weighted by molar-refractivity contribution is 9.10. The summed E-state index contributed by atoms with van der Waals surface area (Å²) >= 11 is 3.51. The molecule has 132 valence electrons. The Kier molecular flexibility index (Phi) is 5.27. The van der Waals surface area contributed by atoms with Crippen molar-refractivity contribution < 1.29 is 9.59 Å². The van der Waals surface area contributed by atoms with Crippen molar-refractivity contribution in [1.82, 2.24) is 15.2 Å². The van der Waals surface area contributed by atoms with Gasteiger partial charge in [-0.2, -0.15) is 0 Å². The zero-order valence-corrected chi connectivity index (χ0v) is 15.9. The van der Waals surface area contributed by atoms with Crippen LogP contribution in [0.5, 0.6) is 0 Å². The third kappa shape index (κ3) is 3.95. The molecule has 2 N–H and O–H groups in total. The number of carbonyl (C=O) groups excluding carboxylic acids is 2. The molecule has 25 heavy (non-hydrogen) atoms. The number of rotatable bonds is 4. The molecule has 6 heteroatoms. The normalized spacial score (nSPS) is 15.4. The molecule has 1 aromatic heterocycles. The lowest BCUT2D eigenvalue weighted by Crippen LogP contribution is -2.42. The molecule has 5 nitrogen and oxygen atoms in total. The number of halogens is 1. The van der Waals surface area contributed by atoms with Gasteiger partial charge in [0.05, 0.1) is 6.54 Å². The fourth-order valence-electron chi connectivity index (χ4n) is 3.35. The number of hydrogen-bond donors (Lipinski definition) is 2. The van der Waals surface area contributed by atoms with Crippen molar-refractivity contribution in [1.29, 1.82) is 0 Å². The maximum atomic E-state index is 12.4. The minimum absolute atomic E-state index is 0.0332. The van der Waals surface area contributed by atoms with E-state index in [0.717, 1.165) is 21.1 Å². The molecule has 1 saturated heterocycles. The number of nitrogens with one attached hydrogen (secondary N) is 2. The van der Waals surface area contributed by atoms with Gasteiger partial charge in [0.25, 0.3) is 0 Å². The molecule has 0 bridgehead atoms. The standard InChI is InChI=1S/C19H22BrN3O2/c1-3-17(24)23-6-4-13(5-7-23)19(25)21-11-16-10-14-9-15(20)8-12(2)18(14)22-16/h3,8-10,13,22H,1,4-7,11H2,2H3,(H,21,25). The Balaban J connectivity index is 1.57. The molecule has 1 aromatic carbocycles. The summed E-state index contributed by atoms with van der Waals surface area (Å²) in [6.45, 7) is 7.28. The average molecular weight is 404 g/mol. The van der Waals surface area contributed by atoms with Gasteiger partial charge in [0.1, 0.15) is 0 Å². The summed E-state index contributed by atoms with van der Waals surface area (Å²) in [6.07, 6.45) is 2.73. The van der Waals surface area contributed by atoms with Gasteiger partial charge in [-0.05, 0) is 49.6 Å². The van der Waals surface area contributed by atoms with Crippen LogP contribution >= 0.6 is 15.9 Å². The second-order valence-electron chi connectivity index (χ2n) is 6.50. The molecule has 2 aromatic rings. The van der Waals surface area contributed by atoms with Crippen LogP contribution in [0.2, 0.25) is 0 Å². The first kappa shape index (κ1) is 17.7. The summed E-state index contributed by atoms with van der Waals surface area (Å²) in [6, 6.07) is 6.20. The number of likely N-dealkylation sites (tertiary alicyclic amines) is 1. The number of aromatic amines is 1. The molecule has 3 rings (SSSR count). The lowest BCUT2D eigenvalue weighted by Gasteiger charge is -2.30. The van der Waals surface area contributed by atoms with Crippen LogP contribution in [0.3, 0.4) is 0 Å². The van der Waals surface area contributed by atoms with E-state index >= 15 is 0 Å². The number of benzene rings is 1. The van der Waals surface area contributed by atoms with Gasteiger partial charge < -0.3 is 15.2 Å². The average Bonchev–Trinajstić information content (AvgIpc) is 3.02. The van der Waals surface area contributed by atoms with Crippen LogP contribution in [-0.4, -0.2) is 34.8 Å². The van der Waals surface area contributed by atoms with E-state index in [1.165, 1.54) is 11.6 Å². The fourth-order valence-corrected chi connectivity index (χ4v) is 3.94. The van der Waals surface area contributed by atoms with E-state index in [4.69, 9.17) is 0 Å². The van der Waals surface area contributed by atoms with Crippen molar-refractivity contribution in [2.45, 2.75) is 26.3 Å². The molecule has 0 unspecified atom stereocenters. The summed E-state index contributed by atoms with van der Waals surface area (Å²) in [4.78, 5) is 29.1. The first-order valence-electron chi connectivity index (χ1n) is 8.44. The largest absolute Gasteiger partial charge is 0.357 e. The molecule has 1 aliphatic heterocycles. The van der Waals surface area contributed by atoms with Gasteiger partial charge in [-0.1, -0.05) is 22.5 Å². The maximum Gasteiger partial charge on any atom is 0.245 e. The Morgan fingerprint density at radius 1 is 1.36 bits per heavy atom. The molecule has 1 fully saturated rings.